The van der Waals surface area contributed by atoms with E-state index in [0.717, 1.165) is 23.5 Å². The summed E-state index contributed by atoms with van der Waals surface area (Å²) in [5, 5.41) is 2.79. The van der Waals surface area contributed by atoms with Crippen molar-refractivity contribution in [3.8, 4) is 5.75 Å². The van der Waals surface area contributed by atoms with Crippen LogP contribution in [0.4, 0.5) is 4.79 Å². The van der Waals surface area contributed by atoms with Gasteiger partial charge in [0.15, 0.2) is 0 Å². The molecule has 0 bridgehead atoms. The van der Waals surface area contributed by atoms with Gasteiger partial charge in [0.1, 0.15) is 5.75 Å². The van der Waals surface area contributed by atoms with E-state index in [0.29, 0.717) is 6.61 Å². The summed E-state index contributed by atoms with van der Waals surface area (Å²) in [5.41, 5.74) is 2.38. The van der Waals surface area contributed by atoms with Crippen molar-refractivity contribution < 1.29 is 13.7 Å². The van der Waals surface area contributed by atoms with E-state index in [9.17, 15) is 4.79 Å². The molecule has 1 N–H and O–H groups in total. The van der Waals surface area contributed by atoms with Crippen molar-refractivity contribution >= 4 is 18.1 Å². The minimum Gasteiger partial charge on any atom is -0.450 e. The average molecular weight is 267 g/mol. The highest BCUT2D eigenvalue weighted by molar-refractivity contribution is 7.94. The molecule has 1 heterocycles. The van der Waals surface area contributed by atoms with Crippen LogP contribution in [0.2, 0.25) is 0 Å². The minimum absolute atomic E-state index is 0.0381. The fourth-order valence-electron chi connectivity index (χ4n) is 1.86. The van der Waals surface area contributed by atoms with E-state index in [1.54, 1.807) is 6.92 Å². The fourth-order valence-corrected chi connectivity index (χ4v) is 2.56. The number of ether oxygens (including phenoxy) is 1. The molecule has 1 unspecified atom stereocenters. The molecule has 5 heteroatoms. The first-order valence-electron chi connectivity index (χ1n) is 6.03. The van der Waals surface area contributed by atoms with Crippen LogP contribution in [-0.2, 0) is 16.9 Å². The van der Waals surface area contributed by atoms with Gasteiger partial charge >= 0.3 is 6.09 Å². The number of amides is 1. The quantitative estimate of drug-likeness (QED) is 0.852. The van der Waals surface area contributed by atoms with Gasteiger partial charge in [0, 0.05) is 11.6 Å². The zero-order valence-corrected chi connectivity index (χ0v) is 11.4. The summed E-state index contributed by atoms with van der Waals surface area (Å²) in [5.74, 6) is 1.85. The number of nitrogens with one attached hydrogen (secondary N) is 1. The lowest BCUT2D eigenvalue weighted by atomic mass is 10.0. The monoisotopic (exact) mass is 267 g/mol. The molecule has 18 heavy (non-hydrogen) atoms. The maximum absolute atomic E-state index is 11.3. The number of hydrogen-bond acceptors (Lipinski definition) is 4. The van der Waals surface area contributed by atoms with Crippen LogP contribution in [-0.4, -0.2) is 18.7 Å². The maximum Gasteiger partial charge on any atom is 0.407 e. The largest absolute Gasteiger partial charge is 0.450 e. The van der Waals surface area contributed by atoms with E-state index in [4.69, 9.17) is 8.92 Å². The molecule has 1 aromatic rings. The maximum atomic E-state index is 11.3. The molecule has 1 amide bonds. The summed E-state index contributed by atoms with van der Waals surface area (Å²) in [4.78, 5) is 11.3. The molecule has 1 aliphatic heterocycles. The van der Waals surface area contributed by atoms with Crippen LogP contribution in [0.1, 0.15) is 25.0 Å². The van der Waals surface area contributed by atoms with Crippen LogP contribution < -0.4 is 9.50 Å². The van der Waals surface area contributed by atoms with Gasteiger partial charge in [-0.2, -0.15) is 0 Å². The SMILES string of the molecule is CCOC(=O)NC(C)Cc1ccc2c(c1)OSC2. The van der Waals surface area contributed by atoms with Crippen LogP contribution >= 0.6 is 12.0 Å². The van der Waals surface area contributed by atoms with Crippen molar-refractivity contribution in [1.82, 2.24) is 5.32 Å². The van der Waals surface area contributed by atoms with Crippen molar-refractivity contribution in [2.45, 2.75) is 32.1 Å². The first-order valence-corrected chi connectivity index (χ1v) is 6.94. The topological polar surface area (TPSA) is 47.6 Å². The Morgan fingerprint density at radius 3 is 3.22 bits per heavy atom. The molecule has 0 aromatic heterocycles. The molecule has 0 fully saturated rings. The van der Waals surface area contributed by atoms with Gasteiger partial charge in [-0.1, -0.05) is 12.1 Å². The third kappa shape index (κ3) is 3.32. The Balaban J connectivity index is 1.91. The van der Waals surface area contributed by atoms with Crippen LogP contribution in [0.3, 0.4) is 0 Å². The number of hydrogen-bond donors (Lipinski definition) is 1. The Hall–Kier alpha value is -1.36. The first-order chi connectivity index (χ1) is 8.69. The van der Waals surface area contributed by atoms with Crippen LogP contribution in [0.15, 0.2) is 18.2 Å². The summed E-state index contributed by atoms with van der Waals surface area (Å²) in [7, 11) is 0. The van der Waals surface area contributed by atoms with E-state index in [1.165, 1.54) is 17.6 Å². The van der Waals surface area contributed by atoms with Crippen LogP contribution in [0, 0.1) is 0 Å². The van der Waals surface area contributed by atoms with Gasteiger partial charge in [0.2, 0.25) is 0 Å². The van der Waals surface area contributed by atoms with E-state index in [-0.39, 0.29) is 12.1 Å². The second kappa shape index (κ2) is 6.00. The standard InChI is InChI=1S/C13H17NO3S/c1-3-16-13(15)14-9(2)6-10-4-5-11-8-18-17-12(11)7-10/h4-5,7,9H,3,6,8H2,1-2H3,(H,14,15). The predicted molar refractivity (Wildman–Crippen MR) is 71.7 cm³/mol. The number of rotatable bonds is 4. The van der Waals surface area contributed by atoms with E-state index < -0.39 is 0 Å². The zero-order valence-electron chi connectivity index (χ0n) is 10.6. The third-order valence-corrected chi connectivity index (χ3v) is 3.40. The average Bonchev–Trinajstić information content (AvgIpc) is 2.76. The lowest BCUT2D eigenvalue weighted by molar-refractivity contribution is 0.149. The predicted octanol–water partition coefficient (Wildman–Crippen LogP) is 2.90. The Labute approximate surface area is 111 Å². The molecule has 1 atom stereocenters. The highest BCUT2D eigenvalue weighted by atomic mass is 32.2. The molecule has 98 valence electrons. The number of fused-ring (bicyclic) bond motifs is 1. The van der Waals surface area contributed by atoms with Gasteiger partial charge < -0.3 is 14.2 Å². The summed E-state index contributed by atoms with van der Waals surface area (Å²) in [6.07, 6.45) is 0.401. The van der Waals surface area contributed by atoms with Gasteiger partial charge in [-0.3, -0.25) is 0 Å². The van der Waals surface area contributed by atoms with Crippen LogP contribution in [0.5, 0.6) is 5.75 Å². The Morgan fingerprint density at radius 2 is 2.44 bits per heavy atom. The van der Waals surface area contributed by atoms with Crippen LogP contribution in [0.25, 0.3) is 0 Å². The van der Waals surface area contributed by atoms with E-state index in [2.05, 4.69) is 17.4 Å². The second-order valence-electron chi connectivity index (χ2n) is 4.26. The summed E-state index contributed by atoms with van der Waals surface area (Å²) in [6, 6.07) is 6.24. The van der Waals surface area contributed by atoms with Crippen molar-refractivity contribution in [1.29, 1.82) is 0 Å². The molecule has 0 spiro atoms. The van der Waals surface area contributed by atoms with Gasteiger partial charge in [-0.05, 0) is 31.9 Å². The number of alkyl carbamates (subject to hydrolysis) is 1. The molecular weight excluding hydrogens is 250 g/mol. The van der Waals surface area contributed by atoms with Gasteiger partial charge in [-0.15, -0.1) is 0 Å². The summed E-state index contributed by atoms with van der Waals surface area (Å²) >= 11 is 1.46. The molecule has 0 saturated carbocycles. The van der Waals surface area contributed by atoms with Gasteiger partial charge in [0.25, 0.3) is 0 Å². The first kappa shape index (κ1) is 13.1. The third-order valence-electron chi connectivity index (χ3n) is 2.68. The van der Waals surface area contributed by atoms with Crippen molar-refractivity contribution in [3.63, 3.8) is 0 Å². The zero-order chi connectivity index (χ0) is 13.0. The summed E-state index contributed by atoms with van der Waals surface area (Å²) < 4.78 is 10.3. The Kier molecular flexibility index (Phi) is 4.36. The van der Waals surface area contributed by atoms with Crippen molar-refractivity contribution in [2.24, 2.45) is 0 Å². The lowest BCUT2D eigenvalue weighted by Crippen LogP contribution is -2.34. The highest BCUT2D eigenvalue weighted by Gasteiger charge is 2.15. The lowest BCUT2D eigenvalue weighted by Gasteiger charge is -2.13. The molecule has 1 aliphatic rings. The molecule has 2 rings (SSSR count). The Morgan fingerprint density at radius 1 is 1.61 bits per heavy atom. The molecule has 0 radical (unpaired) electrons. The van der Waals surface area contributed by atoms with E-state index in [1.807, 2.05) is 13.0 Å². The number of carbonyl (C=O) groups excluding carboxylic acids is 1. The highest BCUT2D eigenvalue weighted by Crippen LogP contribution is 2.34. The second-order valence-corrected chi connectivity index (χ2v) is 4.95. The smallest absolute Gasteiger partial charge is 0.407 e. The molecule has 0 saturated heterocycles. The van der Waals surface area contributed by atoms with Gasteiger partial charge in [-0.25, -0.2) is 4.79 Å². The number of carbonyl (C=O) groups is 1. The van der Waals surface area contributed by atoms with Crippen molar-refractivity contribution in [3.05, 3.63) is 29.3 Å². The molecule has 0 aliphatic carbocycles. The normalized spacial score (nSPS) is 14.6. The summed E-state index contributed by atoms with van der Waals surface area (Å²) in [6.45, 7) is 4.14. The van der Waals surface area contributed by atoms with Crippen molar-refractivity contribution in [2.75, 3.05) is 6.61 Å². The van der Waals surface area contributed by atoms with Gasteiger partial charge in [0.05, 0.1) is 24.4 Å². The number of benzene rings is 1. The molecular formula is C13H17NO3S. The minimum atomic E-state index is -0.363. The fraction of sp³-hybridized carbons (Fsp3) is 0.462. The molecule has 4 nitrogen and oxygen atoms in total. The molecule has 1 aromatic carbocycles. The van der Waals surface area contributed by atoms with E-state index >= 15 is 0 Å². The Bertz CT molecular complexity index is 436.